The number of carbonyl (C=O) groups excluding carboxylic acids is 2. The molecule has 224 valence electrons. The first-order valence-electron chi connectivity index (χ1n) is 14.2. The summed E-state index contributed by atoms with van der Waals surface area (Å²) in [4.78, 5) is 29.6. The molecule has 0 amide bonds. The largest absolute Gasteiger partial charge is 0.489 e. The molecule has 6 aromatic rings. The first kappa shape index (κ1) is 29.6. The van der Waals surface area contributed by atoms with Gasteiger partial charge in [-0.2, -0.15) is 13.2 Å². The molecule has 0 aliphatic rings. The average Bonchev–Trinajstić information content (AvgIpc) is 3.52. The van der Waals surface area contributed by atoms with Crippen LogP contribution in [-0.2, 0) is 19.3 Å². The van der Waals surface area contributed by atoms with Crippen molar-refractivity contribution in [3.8, 4) is 16.9 Å². The van der Waals surface area contributed by atoms with Gasteiger partial charge < -0.3 is 9.30 Å². The number of pyridine rings is 1. The van der Waals surface area contributed by atoms with Crippen LogP contribution in [0.2, 0.25) is 0 Å². The third-order valence-electron chi connectivity index (χ3n) is 7.58. The predicted octanol–water partition coefficient (Wildman–Crippen LogP) is 8.78. The third kappa shape index (κ3) is 6.26. The van der Waals surface area contributed by atoms with Crippen LogP contribution in [0.15, 0.2) is 122 Å². The van der Waals surface area contributed by atoms with E-state index in [0.717, 1.165) is 17.2 Å². The molecule has 0 saturated heterocycles. The number of carbonyl (C=O) groups is 2. The van der Waals surface area contributed by atoms with Gasteiger partial charge in [-0.05, 0) is 47.0 Å². The summed E-state index contributed by atoms with van der Waals surface area (Å²) in [5, 5.41) is 0.218. The molecule has 45 heavy (non-hydrogen) atoms. The summed E-state index contributed by atoms with van der Waals surface area (Å²) in [5.74, 6) is 0.147. The summed E-state index contributed by atoms with van der Waals surface area (Å²) in [6.07, 6.45) is -1.52. The Balaban J connectivity index is 1.31. The molecule has 0 saturated carbocycles. The lowest BCUT2D eigenvalue weighted by atomic mass is 9.91. The fourth-order valence-electron chi connectivity index (χ4n) is 5.40. The maximum atomic E-state index is 13.9. The van der Waals surface area contributed by atoms with Gasteiger partial charge in [0.25, 0.3) is 0 Å². The van der Waals surface area contributed by atoms with E-state index in [4.69, 9.17) is 4.74 Å². The molecule has 0 fully saturated rings. The molecule has 0 spiro atoms. The molecule has 5 nitrogen and oxygen atoms in total. The molecule has 0 N–H and O–H groups in total. The fourth-order valence-corrected chi connectivity index (χ4v) is 5.40. The van der Waals surface area contributed by atoms with Crippen LogP contribution in [0.4, 0.5) is 13.2 Å². The van der Waals surface area contributed by atoms with Crippen molar-refractivity contribution in [2.24, 2.45) is 0 Å². The van der Waals surface area contributed by atoms with E-state index < -0.39 is 11.7 Å². The number of ketones is 2. The number of alkyl halides is 3. The summed E-state index contributed by atoms with van der Waals surface area (Å²) < 4.78 is 49.8. The second kappa shape index (κ2) is 12.2. The molecule has 4 aromatic carbocycles. The molecular formula is C37H27F3N2O3. The van der Waals surface area contributed by atoms with Gasteiger partial charge in [-0.15, -0.1) is 0 Å². The molecule has 6 rings (SSSR count). The van der Waals surface area contributed by atoms with E-state index in [0.29, 0.717) is 34.7 Å². The van der Waals surface area contributed by atoms with Crippen LogP contribution in [0.25, 0.3) is 22.0 Å². The summed E-state index contributed by atoms with van der Waals surface area (Å²) in [7, 11) is 0. The van der Waals surface area contributed by atoms with Crippen molar-refractivity contribution in [1.82, 2.24) is 9.55 Å². The van der Waals surface area contributed by atoms with Crippen LogP contribution in [0.1, 0.15) is 50.0 Å². The van der Waals surface area contributed by atoms with Gasteiger partial charge >= 0.3 is 6.18 Å². The quantitative estimate of drug-likeness (QED) is 0.155. The van der Waals surface area contributed by atoms with E-state index in [1.54, 1.807) is 73.7 Å². The highest BCUT2D eigenvalue weighted by atomic mass is 19.4. The maximum absolute atomic E-state index is 13.9. The van der Waals surface area contributed by atoms with Crippen LogP contribution in [0.5, 0.6) is 5.75 Å². The summed E-state index contributed by atoms with van der Waals surface area (Å²) in [5.41, 5.74) is 2.95. The fraction of sp³-hybridized carbons (Fsp3) is 0.108. The van der Waals surface area contributed by atoms with Crippen LogP contribution in [0.3, 0.4) is 0 Å². The van der Waals surface area contributed by atoms with E-state index >= 15 is 0 Å². The zero-order valence-electron chi connectivity index (χ0n) is 24.2. The second-order valence-electron chi connectivity index (χ2n) is 10.7. The topological polar surface area (TPSA) is 61.2 Å². The number of rotatable bonds is 9. The Labute approximate surface area is 257 Å². The Morgan fingerprint density at radius 1 is 0.822 bits per heavy atom. The summed E-state index contributed by atoms with van der Waals surface area (Å²) in [6, 6.07) is 30.9. The summed E-state index contributed by atoms with van der Waals surface area (Å²) >= 11 is 0. The van der Waals surface area contributed by atoms with Crippen molar-refractivity contribution in [2.45, 2.75) is 26.3 Å². The Morgan fingerprint density at radius 3 is 2.29 bits per heavy atom. The number of Topliss-reactive ketones (excluding diaryl/α,β-unsaturated/α-hetero) is 1. The SMILES string of the molecule is CC(=O)c1cccn1Cc1ccc(COc2cccc(-c3c(C(=O)c4ccccc4)cnc4c(C(F)(F)F)cccc34)c2)cc1. The Hall–Kier alpha value is -5.50. The lowest BCUT2D eigenvalue weighted by molar-refractivity contribution is -0.136. The first-order valence-corrected chi connectivity index (χ1v) is 14.2. The van der Waals surface area contributed by atoms with Gasteiger partial charge in [0.2, 0.25) is 0 Å². The van der Waals surface area contributed by atoms with Gasteiger partial charge in [0.15, 0.2) is 11.6 Å². The molecule has 2 aromatic heterocycles. The molecule has 2 heterocycles. The van der Waals surface area contributed by atoms with Crippen molar-refractivity contribution in [1.29, 1.82) is 0 Å². The van der Waals surface area contributed by atoms with Gasteiger partial charge in [-0.25, -0.2) is 0 Å². The van der Waals surface area contributed by atoms with E-state index in [1.807, 2.05) is 41.1 Å². The zero-order valence-corrected chi connectivity index (χ0v) is 24.2. The monoisotopic (exact) mass is 604 g/mol. The minimum atomic E-state index is -4.62. The lowest BCUT2D eigenvalue weighted by Gasteiger charge is -2.16. The molecule has 0 unspecified atom stereocenters. The minimum absolute atomic E-state index is 0.00404. The van der Waals surface area contributed by atoms with E-state index in [-0.39, 0.29) is 34.6 Å². The van der Waals surface area contributed by atoms with Gasteiger partial charge in [-0.3, -0.25) is 14.6 Å². The minimum Gasteiger partial charge on any atom is -0.489 e. The second-order valence-corrected chi connectivity index (χ2v) is 10.7. The maximum Gasteiger partial charge on any atom is 0.418 e. The van der Waals surface area contributed by atoms with Crippen molar-refractivity contribution in [3.63, 3.8) is 0 Å². The number of aromatic nitrogens is 2. The molecule has 0 radical (unpaired) electrons. The van der Waals surface area contributed by atoms with Crippen molar-refractivity contribution >= 4 is 22.5 Å². The number of hydrogen-bond acceptors (Lipinski definition) is 4. The van der Waals surface area contributed by atoms with Crippen molar-refractivity contribution in [3.05, 3.63) is 155 Å². The van der Waals surface area contributed by atoms with E-state index in [1.165, 1.54) is 12.3 Å². The van der Waals surface area contributed by atoms with Gasteiger partial charge in [0.1, 0.15) is 12.4 Å². The highest BCUT2D eigenvalue weighted by Crippen LogP contribution is 2.39. The highest BCUT2D eigenvalue weighted by molar-refractivity contribution is 6.16. The van der Waals surface area contributed by atoms with Crippen molar-refractivity contribution in [2.75, 3.05) is 0 Å². The van der Waals surface area contributed by atoms with E-state index in [9.17, 15) is 22.8 Å². The molecule has 0 bridgehead atoms. The van der Waals surface area contributed by atoms with Crippen LogP contribution < -0.4 is 4.74 Å². The lowest BCUT2D eigenvalue weighted by Crippen LogP contribution is -2.09. The predicted molar refractivity (Wildman–Crippen MR) is 166 cm³/mol. The average molecular weight is 605 g/mol. The number of benzene rings is 4. The molecule has 8 heteroatoms. The Bertz CT molecular complexity index is 2010. The highest BCUT2D eigenvalue weighted by Gasteiger charge is 2.34. The Morgan fingerprint density at radius 2 is 1.56 bits per heavy atom. The third-order valence-corrected chi connectivity index (χ3v) is 7.58. The number of fused-ring (bicyclic) bond motifs is 1. The summed E-state index contributed by atoms with van der Waals surface area (Å²) in [6.45, 7) is 2.35. The molecule has 0 aliphatic carbocycles. The normalized spacial score (nSPS) is 11.5. The van der Waals surface area contributed by atoms with Gasteiger partial charge in [0, 0.05) is 47.9 Å². The first-order chi connectivity index (χ1) is 21.7. The number of ether oxygens (including phenoxy) is 1. The molecule has 0 atom stereocenters. The zero-order chi connectivity index (χ0) is 31.6. The standard InChI is InChI=1S/C37H27F3N2O3/c1-24(43)33-14-7-19-42(33)22-25-15-17-26(18-16-25)23-45-29-11-5-10-28(20-29)34-30-12-6-13-32(37(38,39)40)35(30)41-21-31(34)36(44)27-8-3-2-4-9-27/h2-21H,22-23H2,1H3. The Kier molecular flexibility index (Phi) is 8.04. The van der Waals surface area contributed by atoms with Crippen LogP contribution in [-0.4, -0.2) is 21.1 Å². The number of halogens is 3. The van der Waals surface area contributed by atoms with Crippen LogP contribution in [0, 0.1) is 0 Å². The molecule has 0 aliphatic heterocycles. The van der Waals surface area contributed by atoms with Gasteiger partial charge in [0.05, 0.1) is 16.8 Å². The number of hydrogen-bond donors (Lipinski definition) is 0. The van der Waals surface area contributed by atoms with E-state index in [2.05, 4.69) is 4.98 Å². The van der Waals surface area contributed by atoms with Gasteiger partial charge in [-0.1, -0.05) is 78.9 Å². The smallest absolute Gasteiger partial charge is 0.418 e. The molecular weight excluding hydrogens is 577 g/mol. The van der Waals surface area contributed by atoms with Crippen molar-refractivity contribution < 1.29 is 27.5 Å². The number of nitrogens with zero attached hydrogens (tertiary/aromatic N) is 2. The number of para-hydroxylation sites is 1. The van der Waals surface area contributed by atoms with Crippen LogP contribution >= 0.6 is 0 Å².